The predicted octanol–water partition coefficient (Wildman–Crippen LogP) is 5.48. The van der Waals surface area contributed by atoms with Crippen LogP contribution < -0.4 is 5.32 Å². The Labute approximate surface area is 151 Å². The summed E-state index contributed by atoms with van der Waals surface area (Å²) >= 11 is 0. The van der Waals surface area contributed by atoms with Crippen molar-refractivity contribution in [2.24, 2.45) is 0 Å². The van der Waals surface area contributed by atoms with Gasteiger partial charge in [-0.15, -0.1) is 0 Å². The molecule has 138 valence electrons. The molecule has 1 aliphatic rings. The van der Waals surface area contributed by atoms with Gasteiger partial charge in [0.2, 0.25) is 0 Å². The van der Waals surface area contributed by atoms with Crippen LogP contribution in [0.15, 0.2) is 36.5 Å². The molecule has 0 unspecified atom stereocenters. The molecular formula is C22H40N2. The molecule has 1 N–H and O–H groups in total. The molecule has 1 aliphatic heterocycles. The van der Waals surface area contributed by atoms with Gasteiger partial charge in [0.15, 0.2) is 0 Å². The van der Waals surface area contributed by atoms with E-state index in [1.54, 1.807) is 0 Å². The summed E-state index contributed by atoms with van der Waals surface area (Å²) in [7, 11) is 0. The predicted molar refractivity (Wildman–Crippen MR) is 109 cm³/mol. The van der Waals surface area contributed by atoms with Gasteiger partial charge in [0.05, 0.1) is 0 Å². The first-order valence-corrected chi connectivity index (χ1v) is 10.3. The largest absolute Gasteiger partial charge is 0.314 e. The molecule has 0 saturated carbocycles. The van der Waals surface area contributed by atoms with Gasteiger partial charge in [-0.1, -0.05) is 69.1 Å². The number of hydrogen-bond acceptors (Lipinski definition) is 2. The van der Waals surface area contributed by atoms with Crippen LogP contribution in [-0.4, -0.2) is 37.6 Å². The summed E-state index contributed by atoms with van der Waals surface area (Å²) in [5.74, 6) is 0. The van der Waals surface area contributed by atoms with Crippen molar-refractivity contribution in [1.29, 1.82) is 0 Å². The molecule has 1 saturated heterocycles. The molecule has 0 atom stereocenters. The molecule has 24 heavy (non-hydrogen) atoms. The Morgan fingerprint density at radius 3 is 2.00 bits per heavy atom. The van der Waals surface area contributed by atoms with Gasteiger partial charge in [-0.05, 0) is 45.1 Å². The van der Waals surface area contributed by atoms with Gasteiger partial charge in [0.25, 0.3) is 0 Å². The Morgan fingerprint density at radius 2 is 1.29 bits per heavy atom. The Kier molecular flexibility index (Phi) is 15.0. The van der Waals surface area contributed by atoms with E-state index in [2.05, 4.69) is 53.6 Å². The number of rotatable bonds is 14. The summed E-state index contributed by atoms with van der Waals surface area (Å²) in [4.78, 5) is 2.61. The molecule has 1 rings (SSSR count). The Morgan fingerprint density at radius 1 is 0.708 bits per heavy atom. The van der Waals surface area contributed by atoms with E-state index in [1.807, 2.05) is 0 Å². The van der Waals surface area contributed by atoms with E-state index in [-0.39, 0.29) is 0 Å². The SMILES string of the molecule is CC/C=C\C/C=C\C/C=C\CCCCCCCCN1CCNCC1. The van der Waals surface area contributed by atoms with E-state index in [1.165, 1.54) is 77.7 Å². The smallest absolute Gasteiger partial charge is 0.0107 e. The van der Waals surface area contributed by atoms with Crippen molar-refractivity contribution in [2.45, 2.75) is 71.1 Å². The second-order valence-corrected chi connectivity index (χ2v) is 6.80. The van der Waals surface area contributed by atoms with Crippen LogP contribution in [0.2, 0.25) is 0 Å². The molecule has 0 bridgehead atoms. The van der Waals surface area contributed by atoms with Crippen molar-refractivity contribution in [3.05, 3.63) is 36.5 Å². The third-order valence-electron chi connectivity index (χ3n) is 4.58. The molecule has 0 aliphatic carbocycles. The summed E-state index contributed by atoms with van der Waals surface area (Å²) in [6.07, 6.45) is 26.6. The van der Waals surface area contributed by atoms with Gasteiger partial charge in [-0.2, -0.15) is 0 Å². The van der Waals surface area contributed by atoms with Gasteiger partial charge >= 0.3 is 0 Å². The second kappa shape index (κ2) is 17.0. The molecule has 0 aromatic carbocycles. The zero-order valence-corrected chi connectivity index (χ0v) is 16.0. The number of nitrogens with one attached hydrogen (secondary N) is 1. The lowest BCUT2D eigenvalue weighted by Gasteiger charge is -2.27. The number of allylic oxidation sites excluding steroid dienone is 6. The fraction of sp³-hybridized carbons (Fsp3) is 0.727. The highest BCUT2D eigenvalue weighted by Gasteiger charge is 2.07. The van der Waals surface area contributed by atoms with Crippen LogP contribution in [0.3, 0.4) is 0 Å². The first kappa shape index (κ1) is 21.2. The van der Waals surface area contributed by atoms with E-state index in [4.69, 9.17) is 0 Å². The summed E-state index contributed by atoms with van der Waals surface area (Å²) in [6.45, 7) is 8.34. The van der Waals surface area contributed by atoms with E-state index >= 15 is 0 Å². The highest BCUT2D eigenvalue weighted by Crippen LogP contribution is 2.08. The maximum atomic E-state index is 3.42. The molecule has 0 amide bonds. The van der Waals surface area contributed by atoms with Gasteiger partial charge < -0.3 is 10.2 Å². The Bertz CT molecular complexity index is 338. The molecule has 2 nitrogen and oxygen atoms in total. The molecule has 1 fully saturated rings. The van der Waals surface area contributed by atoms with Gasteiger partial charge in [-0.3, -0.25) is 0 Å². The lowest BCUT2D eigenvalue weighted by atomic mass is 10.1. The Balaban J connectivity index is 1.78. The van der Waals surface area contributed by atoms with Crippen molar-refractivity contribution >= 4 is 0 Å². The zero-order chi connectivity index (χ0) is 17.1. The monoisotopic (exact) mass is 332 g/mol. The molecular weight excluding hydrogens is 292 g/mol. The summed E-state index contributed by atoms with van der Waals surface area (Å²) in [6, 6.07) is 0. The number of piperazine rings is 1. The molecule has 0 aromatic rings. The van der Waals surface area contributed by atoms with Crippen LogP contribution in [0, 0.1) is 0 Å². The van der Waals surface area contributed by atoms with Crippen LogP contribution in [0.25, 0.3) is 0 Å². The number of nitrogens with zero attached hydrogens (tertiary/aromatic N) is 1. The fourth-order valence-corrected chi connectivity index (χ4v) is 3.07. The molecule has 0 radical (unpaired) electrons. The van der Waals surface area contributed by atoms with Crippen LogP contribution in [-0.2, 0) is 0 Å². The molecule has 1 heterocycles. The van der Waals surface area contributed by atoms with Crippen LogP contribution in [0.1, 0.15) is 71.1 Å². The quantitative estimate of drug-likeness (QED) is 0.335. The van der Waals surface area contributed by atoms with Crippen LogP contribution in [0.4, 0.5) is 0 Å². The van der Waals surface area contributed by atoms with Gasteiger partial charge in [-0.25, -0.2) is 0 Å². The molecule has 0 spiro atoms. The molecule has 2 heteroatoms. The first-order valence-electron chi connectivity index (χ1n) is 10.3. The minimum Gasteiger partial charge on any atom is -0.314 e. The Hall–Kier alpha value is -0.860. The second-order valence-electron chi connectivity index (χ2n) is 6.80. The lowest BCUT2D eigenvalue weighted by Crippen LogP contribution is -2.43. The normalized spacial score (nSPS) is 16.9. The third-order valence-corrected chi connectivity index (χ3v) is 4.58. The first-order chi connectivity index (χ1) is 11.9. The topological polar surface area (TPSA) is 15.3 Å². The molecule has 0 aromatic heterocycles. The average Bonchev–Trinajstić information content (AvgIpc) is 2.62. The standard InChI is InChI=1S/C22H40N2/c1-2-3-4-5-6-7-8-9-10-11-12-13-14-15-16-17-20-24-21-18-23-19-22-24/h3-4,6-7,9-10,23H,2,5,8,11-22H2,1H3/b4-3-,7-6-,10-9-. The maximum absolute atomic E-state index is 3.42. The van der Waals surface area contributed by atoms with Crippen LogP contribution in [0.5, 0.6) is 0 Å². The maximum Gasteiger partial charge on any atom is 0.0107 e. The van der Waals surface area contributed by atoms with E-state index in [9.17, 15) is 0 Å². The zero-order valence-electron chi connectivity index (χ0n) is 16.0. The van der Waals surface area contributed by atoms with Gasteiger partial charge in [0.1, 0.15) is 0 Å². The van der Waals surface area contributed by atoms with E-state index < -0.39 is 0 Å². The minimum atomic E-state index is 1.08. The fourth-order valence-electron chi connectivity index (χ4n) is 3.07. The number of unbranched alkanes of at least 4 members (excludes halogenated alkanes) is 6. The van der Waals surface area contributed by atoms with Gasteiger partial charge in [0, 0.05) is 26.2 Å². The van der Waals surface area contributed by atoms with Crippen molar-refractivity contribution in [2.75, 3.05) is 32.7 Å². The van der Waals surface area contributed by atoms with Crippen molar-refractivity contribution in [1.82, 2.24) is 10.2 Å². The summed E-state index contributed by atoms with van der Waals surface area (Å²) in [5.41, 5.74) is 0. The summed E-state index contributed by atoms with van der Waals surface area (Å²) < 4.78 is 0. The summed E-state index contributed by atoms with van der Waals surface area (Å²) in [5, 5.41) is 3.42. The van der Waals surface area contributed by atoms with Crippen LogP contribution >= 0.6 is 0 Å². The van der Waals surface area contributed by atoms with E-state index in [0.29, 0.717) is 0 Å². The van der Waals surface area contributed by atoms with Crippen molar-refractivity contribution in [3.63, 3.8) is 0 Å². The lowest BCUT2D eigenvalue weighted by molar-refractivity contribution is 0.236. The highest BCUT2D eigenvalue weighted by molar-refractivity contribution is 4.96. The van der Waals surface area contributed by atoms with Crippen molar-refractivity contribution < 1.29 is 0 Å². The number of hydrogen-bond donors (Lipinski definition) is 1. The highest BCUT2D eigenvalue weighted by atomic mass is 15.2. The van der Waals surface area contributed by atoms with Crippen molar-refractivity contribution in [3.8, 4) is 0 Å². The van der Waals surface area contributed by atoms with E-state index in [0.717, 1.165) is 19.3 Å². The third kappa shape index (κ3) is 13.6. The average molecular weight is 333 g/mol. The minimum absolute atomic E-state index is 1.08.